The predicted molar refractivity (Wildman–Crippen MR) is 165 cm³/mol. The van der Waals surface area contributed by atoms with Crippen molar-refractivity contribution in [2.75, 3.05) is 37.7 Å². The quantitative estimate of drug-likeness (QED) is 0.373. The van der Waals surface area contributed by atoms with E-state index in [2.05, 4.69) is 4.90 Å². The zero-order chi connectivity index (χ0) is 30.9. The van der Waals surface area contributed by atoms with E-state index in [1.807, 2.05) is 24.3 Å². The van der Waals surface area contributed by atoms with E-state index in [9.17, 15) is 23.5 Å². The van der Waals surface area contributed by atoms with Crippen LogP contribution in [0.15, 0.2) is 48.5 Å². The Hall–Kier alpha value is -2.43. The number of nitrogens with two attached hydrogens (primary N) is 1. The normalized spacial score (nSPS) is 23.7. The lowest BCUT2D eigenvalue weighted by Gasteiger charge is -2.49. The highest BCUT2D eigenvalue weighted by Gasteiger charge is 2.50. The molecule has 3 heterocycles. The minimum absolute atomic E-state index is 0.0391. The molecule has 0 saturated carbocycles. The van der Waals surface area contributed by atoms with Crippen LogP contribution in [0.5, 0.6) is 0 Å². The van der Waals surface area contributed by atoms with Gasteiger partial charge in [0.15, 0.2) is 0 Å². The van der Waals surface area contributed by atoms with Crippen molar-refractivity contribution in [1.82, 2.24) is 9.80 Å². The predicted octanol–water partition coefficient (Wildman–Crippen LogP) is 5.84. The Morgan fingerprint density at radius 1 is 0.930 bits per heavy atom. The van der Waals surface area contributed by atoms with Gasteiger partial charge in [0.1, 0.15) is 5.54 Å². The number of rotatable bonds is 8. The topological polar surface area (TPSA) is 90.1 Å². The smallest absolute Gasteiger partial charge is 0.250 e. The molecule has 232 valence electrons. The number of hydrogen-bond acceptors (Lipinski definition) is 5. The Morgan fingerprint density at radius 3 is 2.14 bits per heavy atom. The summed E-state index contributed by atoms with van der Waals surface area (Å²) in [7, 11) is 0. The number of nitrogens with zero attached hydrogens (tertiary/aromatic N) is 3. The number of amides is 2. The maximum Gasteiger partial charge on any atom is 0.250 e. The van der Waals surface area contributed by atoms with Crippen molar-refractivity contribution in [2.45, 2.75) is 56.0 Å². The third-order valence-electron chi connectivity index (χ3n) is 9.06. The van der Waals surface area contributed by atoms with Crippen LogP contribution in [-0.2, 0) is 9.59 Å². The number of aliphatic hydroxyl groups excluding tert-OH is 1. The molecule has 0 aliphatic carbocycles. The van der Waals surface area contributed by atoms with Gasteiger partial charge in [-0.1, -0.05) is 34.8 Å². The number of alkyl halides is 2. The van der Waals surface area contributed by atoms with Crippen molar-refractivity contribution < 1.29 is 23.5 Å². The molecule has 3 aliphatic rings. The van der Waals surface area contributed by atoms with Crippen LogP contribution in [0.25, 0.3) is 5.70 Å². The fourth-order valence-corrected chi connectivity index (χ4v) is 7.31. The Morgan fingerprint density at radius 2 is 1.56 bits per heavy atom. The largest absolute Gasteiger partial charge is 0.396 e. The summed E-state index contributed by atoms with van der Waals surface area (Å²) >= 11 is 19.1. The monoisotopic (exact) mass is 654 g/mol. The molecule has 2 unspecified atom stereocenters. The molecule has 12 heteroatoms. The van der Waals surface area contributed by atoms with Crippen LogP contribution in [0, 0.1) is 5.92 Å². The fourth-order valence-electron chi connectivity index (χ4n) is 6.68. The SMILES string of the molecule is NC(=O)C1(N2CCC(F)(F)CC2)CCN(C(=O)C2C=C(c3ccc(Cl)cc3Cl)N(c3ccc(Cl)cc3)C2CCCO)CC1. The minimum atomic E-state index is -2.74. The maximum absolute atomic E-state index is 14.3. The number of hydrogen-bond donors (Lipinski definition) is 2. The summed E-state index contributed by atoms with van der Waals surface area (Å²) < 4.78 is 27.7. The standard InChI is InChI=1S/C31H35Cl3F2N4O3/c32-20-3-6-22(7-4-20)40-26(2-1-17-41)24(19-27(40)23-8-5-21(33)18-25(23)34)28(42)38-13-9-30(10-14-38,29(37)43)39-15-11-31(35,36)12-16-39/h3-8,18-19,24,26,41H,1-2,9-17H2,(H2,37,43). The first-order valence-electron chi connectivity index (χ1n) is 14.5. The van der Waals surface area contributed by atoms with Gasteiger partial charge in [0.25, 0.3) is 5.92 Å². The minimum Gasteiger partial charge on any atom is -0.396 e. The Labute approximate surface area is 265 Å². The molecule has 0 aromatic heterocycles. The summed E-state index contributed by atoms with van der Waals surface area (Å²) in [5, 5.41) is 11.2. The summed E-state index contributed by atoms with van der Waals surface area (Å²) in [5.74, 6) is -3.99. The molecule has 2 aromatic carbocycles. The highest BCUT2D eigenvalue weighted by atomic mass is 35.5. The lowest BCUT2D eigenvalue weighted by Crippen LogP contribution is -2.65. The van der Waals surface area contributed by atoms with Gasteiger partial charge in [0, 0.05) is 78.7 Å². The molecule has 2 amide bonds. The average Bonchev–Trinajstić information content (AvgIpc) is 3.35. The fraction of sp³-hybridized carbons (Fsp3) is 0.484. The van der Waals surface area contributed by atoms with Crippen LogP contribution in [0.2, 0.25) is 15.1 Å². The van der Waals surface area contributed by atoms with E-state index in [1.165, 1.54) is 0 Å². The summed E-state index contributed by atoms with van der Waals surface area (Å²) in [6, 6.07) is 12.2. The van der Waals surface area contributed by atoms with Gasteiger partial charge in [0.05, 0.1) is 10.9 Å². The van der Waals surface area contributed by atoms with Gasteiger partial charge in [-0.25, -0.2) is 8.78 Å². The van der Waals surface area contributed by atoms with Gasteiger partial charge < -0.3 is 20.6 Å². The molecule has 0 radical (unpaired) electrons. The van der Waals surface area contributed by atoms with Crippen molar-refractivity contribution in [3.8, 4) is 0 Å². The molecule has 2 atom stereocenters. The molecule has 2 saturated heterocycles. The second kappa shape index (κ2) is 12.9. The molecular weight excluding hydrogens is 621 g/mol. The van der Waals surface area contributed by atoms with E-state index < -0.39 is 23.3 Å². The van der Waals surface area contributed by atoms with Gasteiger partial charge in [-0.3, -0.25) is 14.5 Å². The second-order valence-corrected chi connectivity index (χ2v) is 12.8. The molecule has 0 spiro atoms. The van der Waals surface area contributed by atoms with E-state index in [1.54, 1.807) is 34.1 Å². The Balaban J connectivity index is 1.44. The molecule has 5 rings (SSSR count). The summed E-state index contributed by atoms with van der Waals surface area (Å²) in [6.07, 6.45) is 2.81. The van der Waals surface area contributed by atoms with Crippen molar-refractivity contribution in [3.05, 3.63) is 69.2 Å². The van der Waals surface area contributed by atoms with Crippen molar-refractivity contribution >= 4 is 58.0 Å². The summed E-state index contributed by atoms with van der Waals surface area (Å²) in [5.41, 5.74) is 7.08. The third-order valence-corrected chi connectivity index (χ3v) is 9.86. The molecule has 2 aromatic rings. The number of piperidine rings is 2. The van der Waals surface area contributed by atoms with Crippen LogP contribution in [0.4, 0.5) is 14.5 Å². The lowest BCUT2D eigenvalue weighted by atomic mass is 9.82. The number of carbonyl (C=O) groups is 2. The Bertz CT molecular complexity index is 1370. The van der Waals surface area contributed by atoms with E-state index in [0.29, 0.717) is 33.5 Å². The van der Waals surface area contributed by atoms with E-state index in [4.69, 9.17) is 40.5 Å². The summed E-state index contributed by atoms with van der Waals surface area (Å²) in [4.78, 5) is 32.6. The van der Waals surface area contributed by atoms with Gasteiger partial charge in [-0.15, -0.1) is 0 Å². The van der Waals surface area contributed by atoms with Crippen LogP contribution in [0.3, 0.4) is 0 Å². The molecule has 3 aliphatic heterocycles. The molecular formula is C31H35Cl3F2N4O3. The summed E-state index contributed by atoms with van der Waals surface area (Å²) in [6.45, 7) is 0.662. The zero-order valence-electron chi connectivity index (χ0n) is 23.6. The van der Waals surface area contributed by atoms with Gasteiger partial charge >= 0.3 is 0 Å². The average molecular weight is 656 g/mol. The third kappa shape index (κ3) is 6.52. The molecule has 43 heavy (non-hydrogen) atoms. The zero-order valence-corrected chi connectivity index (χ0v) is 25.9. The number of primary amides is 1. The van der Waals surface area contributed by atoms with Gasteiger partial charge in [-0.2, -0.15) is 0 Å². The molecule has 7 nitrogen and oxygen atoms in total. The number of likely N-dealkylation sites (tertiary alicyclic amines) is 2. The molecule has 2 fully saturated rings. The van der Waals surface area contributed by atoms with Crippen LogP contribution in [0.1, 0.15) is 44.1 Å². The first-order chi connectivity index (χ1) is 20.5. The van der Waals surface area contributed by atoms with Gasteiger partial charge in [0.2, 0.25) is 11.8 Å². The van der Waals surface area contributed by atoms with Gasteiger partial charge in [-0.05, 0) is 74.2 Å². The van der Waals surface area contributed by atoms with Crippen LogP contribution < -0.4 is 10.6 Å². The first kappa shape index (κ1) is 32.0. The number of halogens is 5. The van der Waals surface area contributed by atoms with Crippen molar-refractivity contribution in [1.29, 1.82) is 0 Å². The number of carbonyl (C=O) groups excluding carboxylic acids is 2. The van der Waals surface area contributed by atoms with Crippen LogP contribution in [-0.4, -0.2) is 77.0 Å². The van der Waals surface area contributed by atoms with Crippen molar-refractivity contribution in [2.24, 2.45) is 11.7 Å². The number of aliphatic hydroxyl groups is 1. The van der Waals surface area contributed by atoms with E-state index in [-0.39, 0.29) is 70.4 Å². The van der Waals surface area contributed by atoms with Crippen LogP contribution >= 0.6 is 34.8 Å². The van der Waals surface area contributed by atoms with Crippen molar-refractivity contribution in [3.63, 3.8) is 0 Å². The number of anilines is 1. The molecule has 3 N–H and O–H groups in total. The lowest BCUT2D eigenvalue weighted by molar-refractivity contribution is -0.147. The molecule has 0 bridgehead atoms. The first-order valence-corrected chi connectivity index (χ1v) is 15.6. The van der Waals surface area contributed by atoms with E-state index >= 15 is 0 Å². The van der Waals surface area contributed by atoms with E-state index in [0.717, 1.165) is 11.4 Å². The highest BCUT2D eigenvalue weighted by Crippen LogP contribution is 2.44. The second-order valence-electron chi connectivity index (χ2n) is 11.5. The Kier molecular flexibility index (Phi) is 9.59. The highest BCUT2D eigenvalue weighted by molar-refractivity contribution is 6.36. The number of benzene rings is 2. The maximum atomic E-state index is 14.3.